The molecule has 6 nitrogen and oxygen atoms in total. The predicted octanol–water partition coefficient (Wildman–Crippen LogP) is 3.21. The Labute approximate surface area is 142 Å². The highest BCUT2D eigenvalue weighted by atomic mass is 16.5. The molecule has 2 rings (SSSR count). The zero-order valence-electron chi connectivity index (χ0n) is 14.5. The van der Waals surface area contributed by atoms with Crippen LogP contribution in [0, 0.1) is 5.92 Å². The van der Waals surface area contributed by atoms with Crippen LogP contribution in [0.2, 0.25) is 0 Å². The number of rotatable bonds is 8. The summed E-state index contributed by atoms with van der Waals surface area (Å²) in [7, 11) is 0. The molecule has 1 aromatic carbocycles. The van der Waals surface area contributed by atoms with E-state index < -0.39 is 0 Å². The van der Waals surface area contributed by atoms with E-state index in [0.717, 1.165) is 5.39 Å². The van der Waals surface area contributed by atoms with Gasteiger partial charge in [0.15, 0.2) is 11.3 Å². The van der Waals surface area contributed by atoms with Crippen molar-refractivity contribution in [1.82, 2.24) is 10.6 Å². The Bertz CT molecular complexity index is 668. The minimum absolute atomic E-state index is 0.127. The summed E-state index contributed by atoms with van der Waals surface area (Å²) in [6, 6.07) is 7.13. The second-order valence-electron chi connectivity index (χ2n) is 5.95. The lowest BCUT2D eigenvalue weighted by atomic mass is 10.1. The van der Waals surface area contributed by atoms with E-state index in [2.05, 4.69) is 10.6 Å². The Morgan fingerprint density at radius 1 is 1.38 bits per heavy atom. The van der Waals surface area contributed by atoms with Crippen LogP contribution in [0.25, 0.3) is 11.0 Å². The Hall–Kier alpha value is -2.21. The molecule has 2 unspecified atom stereocenters. The maximum absolute atomic E-state index is 12.0. The van der Waals surface area contributed by atoms with Crippen LogP contribution in [-0.2, 0) is 0 Å². The van der Waals surface area contributed by atoms with Crippen LogP contribution < -0.4 is 15.4 Å². The minimum atomic E-state index is -0.264. The number of ether oxygens (including phenoxy) is 1. The third-order valence-corrected chi connectivity index (χ3v) is 3.83. The van der Waals surface area contributed by atoms with Crippen molar-refractivity contribution < 1.29 is 19.1 Å². The van der Waals surface area contributed by atoms with Crippen molar-refractivity contribution >= 4 is 17.0 Å². The van der Waals surface area contributed by atoms with Crippen molar-refractivity contribution in [1.29, 1.82) is 0 Å². The van der Waals surface area contributed by atoms with E-state index in [-0.39, 0.29) is 24.6 Å². The van der Waals surface area contributed by atoms with Gasteiger partial charge in [-0.2, -0.15) is 0 Å². The third kappa shape index (κ3) is 4.64. The number of urea groups is 1. The Kier molecular flexibility index (Phi) is 6.49. The largest absolute Gasteiger partial charge is 0.490 e. The van der Waals surface area contributed by atoms with Crippen molar-refractivity contribution in [3.8, 4) is 5.75 Å². The van der Waals surface area contributed by atoms with Crippen LogP contribution >= 0.6 is 0 Å². The molecule has 0 radical (unpaired) electrons. The summed E-state index contributed by atoms with van der Waals surface area (Å²) in [5.74, 6) is 1.61. The van der Waals surface area contributed by atoms with Crippen molar-refractivity contribution in [3.05, 3.63) is 30.0 Å². The van der Waals surface area contributed by atoms with E-state index in [1.165, 1.54) is 0 Å². The number of benzene rings is 1. The summed E-state index contributed by atoms with van der Waals surface area (Å²) in [5, 5.41) is 15.5. The molecule has 6 heteroatoms. The molecule has 0 aliphatic heterocycles. The molecular weight excluding hydrogens is 308 g/mol. The van der Waals surface area contributed by atoms with Crippen molar-refractivity contribution in [3.63, 3.8) is 0 Å². The summed E-state index contributed by atoms with van der Waals surface area (Å²) in [5.41, 5.74) is 0.694. The summed E-state index contributed by atoms with van der Waals surface area (Å²) >= 11 is 0. The maximum atomic E-state index is 12.0. The molecular formula is C18H26N2O4. The first kappa shape index (κ1) is 18.1. The van der Waals surface area contributed by atoms with Gasteiger partial charge in [-0.05, 0) is 38.3 Å². The van der Waals surface area contributed by atoms with Crippen LogP contribution in [0.1, 0.15) is 39.0 Å². The number of para-hydroxylation sites is 1. The van der Waals surface area contributed by atoms with E-state index in [1.807, 2.05) is 45.0 Å². The lowest BCUT2D eigenvalue weighted by Crippen LogP contribution is -2.39. The monoisotopic (exact) mass is 334 g/mol. The van der Waals surface area contributed by atoms with E-state index in [0.29, 0.717) is 36.7 Å². The fraction of sp³-hybridized carbons (Fsp3) is 0.500. The van der Waals surface area contributed by atoms with Crippen molar-refractivity contribution in [2.45, 2.75) is 33.2 Å². The zero-order valence-corrected chi connectivity index (χ0v) is 14.5. The normalized spacial score (nSPS) is 13.5. The fourth-order valence-corrected chi connectivity index (χ4v) is 2.45. The number of carbonyl (C=O) groups excluding carboxylic acids is 1. The predicted molar refractivity (Wildman–Crippen MR) is 93.2 cm³/mol. The van der Waals surface area contributed by atoms with Gasteiger partial charge in [0.1, 0.15) is 5.76 Å². The quantitative estimate of drug-likeness (QED) is 0.692. The number of amides is 2. The molecule has 1 aromatic heterocycles. The first-order valence-corrected chi connectivity index (χ1v) is 8.35. The first-order chi connectivity index (χ1) is 11.5. The molecule has 0 aliphatic rings. The number of nitrogens with one attached hydrogen (secondary N) is 2. The molecule has 2 atom stereocenters. The molecule has 2 aromatic rings. The van der Waals surface area contributed by atoms with E-state index in [9.17, 15) is 4.79 Å². The highest BCUT2D eigenvalue weighted by molar-refractivity contribution is 5.84. The van der Waals surface area contributed by atoms with Gasteiger partial charge in [-0.1, -0.05) is 19.1 Å². The van der Waals surface area contributed by atoms with Gasteiger partial charge in [-0.25, -0.2) is 4.79 Å². The standard InChI is InChI=1S/C18H26N2O4/c1-4-23-15-7-5-6-14-10-16(24-17(14)15)13(3)20-18(22)19-11-12(2)8-9-21/h5-7,10,12-13,21H,4,8-9,11H2,1-3H3,(H2,19,20,22). The molecule has 0 saturated carbocycles. The number of carbonyl (C=O) groups is 1. The van der Waals surface area contributed by atoms with Gasteiger partial charge in [0.25, 0.3) is 0 Å². The second kappa shape index (κ2) is 8.59. The maximum Gasteiger partial charge on any atom is 0.315 e. The molecule has 1 heterocycles. The van der Waals surface area contributed by atoms with Gasteiger partial charge in [0, 0.05) is 18.5 Å². The van der Waals surface area contributed by atoms with Gasteiger partial charge >= 0.3 is 6.03 Å². The van der Waals surface area contributed by atoms with Gasteiger partial charge in [0.05, 0.1) is 12.6 Å². The number of hydrogen-bond acceptors (Lipinski definition) is 4. The topological polar surface area (TPSA) is 83.7 Å². The minimum Gasteiger partial charge on any atom is -0.490 e. The number of hydrogen-bond donors (Lipinski definition) is 3. The molecule has 3 N–H and O–H groups in total. The van der Waals surface area contributed by atoms with Gasteiger partial charge in [0.2, 0.25) is 0 Å². The highest BCUT2D eigenvalue weighted by Crippen LogP contribution is 2.31. The van der Waals surface area contributed by atoms with Gasteiger partial charge in [-0.15, -0.1) is 0 Å². The molecule has 0 spiro atoms. The average molecular weight is 334 g/mol. The van der Waals surface area contributed by atoms with Crippen LogP contribution in [-0.4, -0.2) is 30.9 Å². The molecule has 24 heavy (non-hydrogen) atoms. The number of aliphatic hydroxyl groups excluding tert-OH is 1. The van der Waals surface area contributed by atoms with Crippen LogP contribution in [0.3, 0.4) is 0 Å². The van der Waals surface area contributed by atoms with Crippen molar-refractivity contribution in [2.75, 3.05) is 19.8 Å². The fourth-order valence-electron chi connectivity index (χ4n) is 2.45. The average Bonchev–Trinajstić information content (AvgIpc) is 2.99. The van der Waals surface area contributed by atoms with Crippen LogP contribution in [0.4, 0.5) is 4.79 Å². The molecule has 0 aliphatic carbocycles. The van der Waals surface area contributed by atoms with E-state index in [1.54, 1.807) is 0 Å². The highest BCUT2D eigenvalue weighted by Gasteiger charge is 2.16. The lowest BCUT2D eigenvalue weighted by molar-refractivity contribution is 0.230. The van der Waals surface area contributed by atoms with Gasteiger partial charge < -0.3 is 24.9 Å². The molecule has 0 saturated heterocycles. The Morgan fingerprint density at radius 2 is 2.17 bits per heavy atom. The molecule has 2 amide bonds. The zero-order chi connectivity index (χ0) is 17.5. The molecule has 0 bridgehead atoms. The summed E-state index contributed by atoms with van der Waals surface area (Å²) < 4.78 is 11.4. The SMILES string of the molecule is CCOc1cccc2cc(C(C)NC(=O)NCC(C)CCO)oc12. The third-order valence-electron chi connectivity index (χ3n) is 3.83. The first-order valence-electron chi connectivity index (χ1n) is 8.35. The number of furan rings is 1. The van der Waals surface area contributed by atoms with Gasteiger partial charge in [-0.3, -0.25) is 0 Å². The Balaban J connectivity index is 1.99. The summed E-state index contributed by atoms with van der Waals surface area (Å²) in [6.07, 6.45) is 0.666. The van der Waals surface area contributed by atoms with Crippen LogP contribution in [0.15, 0.2) is 28.7 Å². The van der Waals surface area contributed by atoms with E-state index >= 15 is 0 Å². The number of aliphatic hydroxyl groups is 1. The summed E-state index contributed by atoms with van der Waals surface area (Å²) in [4.78, 5) is 12.0. The van der Waals surface area contributed by atoms with Crippen LogP contribution in [0.5, 0.6) is 5.75 Å². The number of fused-ring (bicyclic) bond motifs is 1. The Morgan fingerprint density at radius 3 is 2.88 bits per heavy atom. The lowest BCUT2D eigenvalue weighted by Gasteiger charge is -2.15. The molecule has 132 valence electrons. The van der Waals surface area contributed by atoms with E-state index in [4.69, 9.17) is 14.3 Å². The summed E-state index contributed by atoms with van der Waals surface area (Å²) in [6.45, 7) is 6.99. The van der Waals surface area contributed by atoms with Crippen molar-refractivity contribution in [2.24, 2.45) is 5.92 Å². The second-order valence-corrected chi connectivity index (χ2v) is 5.95. The smallest absolute Gasteiger partial charge is 0.315 e. The molecule has 0 fully saturated rings.